The molecule has 4 aromatic rings. The number of halogens is 2. The van der Waals surface area contributed by atoms with Gasteiger partial charge in [-0.15, -0.1) is 0 Å². The van der Waals surface area contributed by atoms with Crippen molar-refractivity contribution in [3.8, 4) is 22.5 Å². The molecule has 0 saturated heterocycles. The molecule has 0 aliphatic carbocycles. The Labute approximate surface area is 188 Å². The molecule has 3 aromatic carbocycles. The molecule has 4 rings (SSSR count). The summed E-state index contributed by atoms with van der Waals surface area (Å²) in [6.45, 7) is 1.69. The Morgan fingerprint density at radius 1 is 1.03 bits per heavy atom. The molecule has 7 heteroatoms. The third-order valence-corrected chi connectivity index (χ3v) is 5.41. The number of fused-ring (bicyclic) bond motifs is 1. The summed E-state index contributed by atoms with van der Waals surface area (Å²) in [6, 6.07) is 12.9. The van der Waals surface area contributed by atoms with Crippen LogP contribution in [0.1, 0.15) is 39.6 Å². The number of benzene rings is 3. The van der Waals surface area contributed by atoms with E-state index in [-0.39, 0.29) is 52.2 Å². The van der Waals surface area contributed by atoms with E-state index in [1.165, 1.54) is 49.6 Å². The topological polar surface area (TPSA) is 76.7 Å². The van der Waals surface area contributed by atoms with E-state index in [4.69, 9.17) is 9.15 Å². The maximum atomic E-state index is 16.1. The molecule has 0 radical (unpaired) electrons. The minimum atomic E-state index is -1.14. The van der Waals surface area contributed by atoms with Gasteiger partial charge in [0.25, 0.3) is 0 Å². The third-order valence-electron chi connectivity index (χ3n) is 5.41. The van der Waals surface area contributed by atoms with Gasteiger partial charge in [-0.2, -0.15) is 0 Å². The second-order valence-electron chi connectivity index (χ2n) is 7.51. The molecule has 1 N–H and O–H groups in total. The van der Waals surface area contributed by atoms with Crippen LogP contribution in [0.3, 0.4) is 0 Å². The Kier molecular flexibility index (Phi) is 6.07. The molecule has 168 valence electrons. The van der Waals surface area contributed by atoms with Crippen LogP contribution in [0.5, 0.6) is 0 Å². The number of rotatable bonds is 7. The van der Waals surface area contributed by atoms with Crippen molar-refractivity contribution in [2.24, 2.45) is 0 Å². The van der Waals surface area contributed by atoms with E-state index < -0.39 is 17.6 Å². The average molecular weight is 450 g/mol. The number of carbonyl (C=O) groups is 2. The smallest absolute Gasteiger partial charge is 0.335 e. The highest BCUT2D eigenvalue weighted by Crippen LogP contribution is 2.41. The molecule has 0 fully saturated rings. The van der Waals surface area contributed by atoms with Crippen molar-refractivity contribution in [2.45, 2.75) is 20.0 Å². The lowest BCUT2D eigenvalue weighted by Crippen LogP contribution is -2.02. The average Bonchev–Trinajstić information content (AvgIpc) is 3.19. The Balaban J connectivity index is 2.07. The van der Waals surface area contributed by atoms with Crippen molar-refractivity contribution < 1.29 is 32.6 Å². The van der Waals surface area contributed by atoms with E-state index in [2.05, 4.69) is 0 Å². The molecule has 33 heavy (non-hydrogen) atoms. The van der Waals surface area contributed by atoms with Crippen LogP contribution in [0, 0.1) is 11.6 Å². The Morgan fingerprint density at radius 3 is 2.39 bits per heavy atom. The van der Waals surface area contributed by atoms with Crippen molar-refractivity contribution in [3.05, 3.63) is 82.9 Å². The summed E-state index contributed by atoms with van der Waals surface area (Å²) < 4.78 is 40.8. The minimum Gasteiger partial charge on any atom is -0.478 e. The van der Waals surface area contributed by atoms with E-state index in [9.17, 15) is 19.1 Å². The summed E-state index contributed by atoms with van der Waals surface area (Å²) in [5.41, 5.74) is 1.54. The van der Waals surface area contributed by atoms with Crippen LogP contribution >= 0.6 is 0 Å². The number of Topliss-reactive ketones (excluding diaryl/α,β-unsaturated/α-hetero) is 1. The van der Waals surface area contributed by atoms with Gasteiger partial charge in [-0.05, 0) is 53.6 Å². The number of ether oxygens (including phenoxy) is 1. The predicted octanol–water partition coefficient (Wildman–Crippen LogP) is 6.48. The van der Waals surface area contributed by atoms with Gasteiger partial charge in [0.15, 0.2) is 5.78 Å². The number of hydrogen-bond donors (Lipinski definition) is 1. The second-order valence-corrected chi connectivity index (χ2v) is 7.51. The first-order chi connectivity index (χ1) is 15.8. The molecular formula is C26H20F2O5. The lowest BCUT2D eigenvalue weighted by atomic mass is 9.93. The van der Waals surface area contributed by atoms with E-state index in [1.54, 1.807) is 19.1 Å². The molecule has 0 bridgehead atoms. The van der Waals surface area contributed by atoms with Crippen molar-refractivity contribution in [3.63, 3.8) is 0 Å². The zero-order valence-corrected chi connectivity index (χ0v) is 17.9. The molecule has 0 saturated carbocycles. The molecule has 0 amide bonds. The Morgan fingerprint density at radius 2 is 1.76 bits per heavy atom. The molecule has 0 unspecified atom stereocenters. The Hall–Kier alpha value is -3.84. The SMILES string of the molecule is CCC(=O)c1c(-c2ccc(F)cc2)oc2cc(COC)c(-c3cccc(C(=O)O)c3)c(F)c12. The lowest BCUT2D eigenvalue weighted by Gasteiger charge is -2.12. The number of methoxy groups -OCH3 is 1. The zero-order valence-electron chi connectivity index (χ0n) is 17.9. The largest absolute Gasteiger partial charge is 0.478 e. The van der Waals surface area contributed by atoms with Crippen LogP contribution in [0.2, 0.25) is 0 Å². The normalized spacial score (nSPS) is 11.2. The molecule has 0 atom stereocenters. The third kappa shape index (κ3) is 4.03. The van der Waals surface area contributed by atoms with Gasteiger partial charge in [0, 0.05) is 24.7 Å². The van der Waals surface area contributed by atoms with E-state index >= 15 is 4.39 Å². The van der Waals surface area contributed by atoms with Crippen molar-refractivity contribution >= 4 is 22.7 Å². The van der Waals surface area contributed by atoms with Gasteiger partial charge in [-0.25, -0.2) is 13.6 Å². The highest BCUT2D eigenvalue weighted by molar-refractivity contribution is 6.13. The second kappa shape index (κ2) is 8.96. The molecule has 0 aliphatic heterocycles. The first kappa shape index (κ1) is 22.4. The van der Waals surface area contributed by atoms with Crippen molar-refractivity contribution in [1.29, 1.82) is 0 Å². The lowest BCUT2D eigenvalue weighted by molar-refractivity contribution is 0.0696. The standard InChI is InChI=1S/C26H20F2O5/c1-3-19(29)22-23-20(33-25(22)14-7-9-18(27)10-8-14)12-17(13-32-2)21(24(23)28)15-5-4-6-16(11-15)26(30)31/h4-12H,3,13H2,1-2H3,(H,30,31). The number of ketones is 1. The molecule has 5 nitrogen and oxygen atoms in total. The fraction of sp³-hybridized carbons (Fsp3) is 0.154. The van der Waals surface area contributed by atoms with Crippen LogP contribution < -0.4 is 0 Å². The monoisotopic (exact) mass is 450 g/mol. The van der Waals surface area contributed by atoms with Gasteiger partial charge in [-0.3, -0.25) is 4.79 Å². The van der Waals surface area contributed by atoms with Crippen molar-refractivity contribution in [1.82, 2.24) is 0 Å². The first-order valence-electron chi connectivity index (χ1n) is 10.2. The number of hydrogen-bond acceptors (Lipinski definition) is 4. The number of carbonyl (C=O) groups excluding carboxylic acids is 1. The van der Waals surface area contributed by atoms with Gasteiger partial charge in [0.05, 0.1) is 23.1 Å². The van der Waals surface area contributed by atoms with Gasteiger partial charge in [0.1, 0.15) is 23.0 Å². The van der Waals surface area contributed by atoms with Crippen LogP contribution in [-0.2, 0) is 11.3 Å². The molecule has 0 spiro atoms. The highest BCUT2D eigenvalue weighted by Gasteiger charge is 2.27. The predicted molar refractivity (Wildman–Crippen MR) is 119 cm³/mol. The minimum absolute atomic E-state index is 0.000540. The van der Waals surface area contributed by atoms with E-state index in [1.807, 2.05) is 0 Å². The van der Waals surface area contributed by atoms with Crippen LogP contribution in [-0.4, -0.2) is 24.0 Å². The quantitative estimate of drug-likeness (QED) is 0.326. The first-order valence-corrected chi connectivity index (χ1v) is 10.2. The molecule has 1 heterocycles. The highest BCUT2D eigenvalue weighted by atomic mass is 19.1. The maximum Gasteiger partial charge on any atom is 0.335 e. The van der Waals surface area contributed by atoms with Gasteiger partial charge < -0.3 is 14.3 Å². The summed E-state index contributed by atoms with van der Waals surface area (Å²) in [4.78, 5) is 24.4. The molecule has 0 aliphatic rings. The van der Waals surface area contributed by atoms with Crippen LogP contribution in [0.25, 0.3) is 33.4 Å². The number of carboxylic acid groups (broad SMARTS) is 1. The van der Waals surface area contributed by atoms with Gasteiger partial charge in [-0.1, -0.05) is 19.1 Å². The summed E-state index contributed by atoms with van der Waals surface area (Å²) in [5.74, 6) is -2.49. The van der Waals surface area contributed by atoms with Crippen molar-refractivity contribution in [2.75, 3.05) is 7.11 Å². The summed E-state index contributed by atoms with van der Waals surface area (Å²) in [7, 11) is 1.46. The summed E-state index contributed by atoms with van der Waals surface area (Å²) in [5, 5.41) is 9.36. The zero-order chi connectivity index (χ0) is 23.7. The fourth-order valence-electron chi connectivity index (χ4n) is 3.90. The Bertz CT molecular complexity index is 1370. The fourth-order valence-corrected chi connectivity index (χ4v) is 3.90. The van der Waals surface area contributed by atoms with Gasteiger partial charge >= 0.3 is 5.97 Å². The molecule has 1 aromatic heterocycles. The number of carboxylic acids is 1. The van der Waals surface area contributed by atoms with Crippen LogP contribution in [0.15, 0.2) is 59.0 Å². The summed E-state index contributed by atoms with van der Waals surface area (Å²) in [6.07, 6.45) is 0.103. The van der Waals surface area contributed by atoms with Crippen LogP contribution in [0.4, 0.5) is 8.78 Å². The van der Waals surface area contributed by atoms with Gasteiger partial charge in [0.2, 0.25) is 0 Å². The van der Waals surface area contributed by atoms with E-state index in [0.717, 1.165) is 0 Å². The maximum absolute atomic E-state index is 16.1. The molecular weight excluding hydrogens is 430 g/mol. The summed E-state index contributed by atoms with van der Waals surface area (Å²) >= 11 is 0. The number of aromatic carboxylic acids is 1. The number of furan rings is 1. The van der Waals surface area contributed by atoms with E-state index in [0.29, 0.717) is 16.7 Å².